The molecule has 0 aromatic carbocycles. The maximum absolute atomic E-state index is 12.2. The quantitative estimate of drug-likeness (QED) is 0.360. The van der Waals surface area contributed by atoms with Crippen molar-refractivity contribution in [3.05, 3.63) is 36.1 Å². The van der Waals surface area contributed by atoms with Crippen molar-refractivity contribution in [1.29, 1.82) is 0 Å². The Morgan fingerprint density at radius 2 is 2.00 bits per heavy atom. The third-order valence-electron chi connectivity index (χ3n) is 0.588. The van der Waals surface area contributed by atoms with E-state index in [2.05, 4.69) is 22.4 Å². The van der Waals surface area contributed by atoms with E-state index in [4.69, 9.17) is 5.11 Å². The van der Waals surface area contributed by atoms with Gasteiger partial charge in [0.2, 0.25) is 0 Å². The highest BCUT2D eigenvalue weighted by molar-refractivity contribution is 7.22. The van der Waals surface area contributed by atoms with Crippen LogP contribution < -0.4 is 0 Å². The number of allylic oxidation sites excluding steroid dienone is 3. The molecule has 0 amide bonds. The maximum atomic E-state index is 12.2. The molecule has 0 aliphatic rings. The maximum Gasteiger partial charge on any atom is 0.164 e. The minimum Gasteiger partial charge on any atom is -0.506 e. The van der Waals surface area contributed by atoms with Crippen LogP contribution in [0.4, 0.5) is 4.39 Å². The molecule has 1 nitrogen and oxygen atoms in total. The number of aliphatic hydroxyl groups is 1. The van der Waals surface area contributed by atoms with Gasteiger partial charge in [0.15, 0.2) is 5.83 Å². The number of rotatable bonds is 2. The zero-order chi connectivity index (χ0) is 7.44. The molecule has 0 aromatic heterocycles. The van der Waals surface area contributed by atoms with Gasteiger partial charge in [0.1, 0.15) is 5.76 Å². The van der Waals surface area contributed by atoms with Crippen LogP contribution in [-0.2, 0) is 0 Å². The summed E-state index contributed by atoms with van der Waals surface area (Å²) in [5.41, 5.74) is 0. The summed E-state index contributed by atoms with van der Waals surface area (Å²) in [6, 6.07) is 0. The topological polar surface area (TPSA) is 20.2 Å². The number of aliphatic hydroxyl groups excluding tert-OH is 1. The van der Waals surface area contributed by atoms with Gasteiger partial charge in [-0.05, 0) is 11.4 Å². The molecular formula is C6H8FOP. The summed E-state index contributed by atoms with van der Waals surface area (Å²) in [7, 11) is 2.18. The van der Waals surface area contributed by atoms with Gasteiger partial charge in [-0.2, -0.15) is 0 Å². The van der Waals surface area contributed by atoms with E-state index in [0.29, 0.717) is 5.31 Å². The van der Waals surface area contributed by atoms with E-state index >= 15 is 0 Å². The normalized spacial score (nSPS) is 11.1. The molecule has 1 unspecified atom stereocenters. The van der Waals surface area contributed by atoms with Gasteiger partial charge in [-0.15, -0.1) is 9.24 Å². The van der Waals surface area contributed by atoms with Gasteiger partial charge in [-0.25, -0.2) is 4.39 Å². The first-order valence-electron chi connectivity index (χ1n) is 2.24. The second-order valence-electron chi connectivity index (χ2n) is 1.51. The van der Waals surface area contributed by atoms with Crippen LogP contribution in [0.5, 0.6) is 0 Å². The van der Waals surface area contributed by atoms with E-state index in [1.54, 1.807) is 0 Å². The summed E-state index contributed by atoms with van der Waals surface area (Å²) in [6.45, 7) is 6.34. The Labute approximate surface area is 55.8 Å². The molecule has 0 heterocycles. The molecule has 0 aliphatic heterocycles. The molecule has 1 atom stereocenters. The van der Waals surface area contributed by atoms with E-state index in [-0.39, 0.29) is 0 Å². The van der Waals surface area contributed by atoms with Gasteiger partial charge in [0, 0.05) is 0 Å². The number of hydrogen-bond donors (Lipinski definition) is 1. The summed E-state index contributed by atoms with van der Waals surface area (Å²) in [5.74, 6) is -1.33. The van der Waals surface area contributed by atoms with E-state index in [0.717, 1.165) is 6.08 Å². The fraction of sp³-hybridized carbons (Fsp3) is 0. The van der Waals surface area contributed by atoms with Crippen molar-refractivity contribution < 1.29 is 9.50 Å². The third kappa shape index (κ3) is 3.92. The third-order valence-corrected chi connectivity index (χ3v) is 0.754. The molecule has 0 spiro atoms. The predicted molar refractivity (Wildman–Crippen MR) is 39.8 cm³/mol. The molecule has 50 valence electrons. The Morgan fingerprint density at radius 1 is 1.56 bits per heavy atom. The van der Waals surface area contributed by atoms with Gasteiger partial charge < -0.3 is 5.11 Å². The van der Waals surface area contributed by atoms with Crippen LogP contribution in [0.2, 0.25) is 0 Å². The second kappa shape index (κ2) is 3.41. The van der Waals surface area contributed by atoms with Crippen molar-refractivity contribution in [3.8, 4) is 0 Å². The standard InChI is InChI=1S/C6H8FOP/c1-4(9)3-6(7)5(2)8/h3,8H,1-2,9H2/b6-3+. The molecule has 1 N–H and O–H groups in total. The molecule has 0 fully saturated rings. The van der Waals surface area contributed by atoms with Gasteiger partial charge in [-0.3, -0.25) is 0 Å². The van der Waals surface area contributed by atoms with Crippen molar-refractivity contribution in [2.24, 2.45) is 0 Å². The van der Waals surface area contributed by atoms with E-state index in [1.165, 1.54) is 0 Å². The Kier molecular flexibility index (Phi) is 3.18. The fourth-order valence-corrected chi connectivity index (χ4v) is 0.392. The average Bonchev–Trinajstić information content (AvgIpc) is 1.63. The Morgan fingerprint density at radius 3 is 2.11 bits per heavy atom. The summed E-state index contributed by atoms with van der Waals surface area (Å²) in [6.07, 6.45) is 1.08. The predicted octanol–water partition coefficient (Wildman–Crippen LogP) is 2.30. The van der Waals surface area contributed by atoms with Crippen LogP contribution in [0, 0.1) is 0 Å². The summed E-state index contributed by atoms with van der Waals surface area (Å²) < 4.78 is 12.2. The van der Waals surface area contributed by atoms with Gasteiger partial charge >= 0.3 is 0 Å². The molecule has 0 saturated heterocycles. The van der Waals surface area contributed by atoms with Crippen LogP contribution in [0.15, 0.2) is 36.1 Å². The van der Waals surface area contributed by atoms with Crippen molar-refractivity contribution in [2.45, 2.75) is 0 Å². The minimum absolute atomic E-state index is 0.461. The van der Waals surface area contributed by atoms with Crippen molar-refractivity contribution in [2.75, 3.05) is 0 Å². The second-order valence-corrected chi connectivity index (χ2v) is 2.26. The fourth-order valence-electron chi connectivity index (χ4n) is 0.246. The smallest absolute Gasteiger partial charge is 0.164 e. The van der Waals surface area contributed by atoms with Gasteiger partial charge in [0.05, 0.1) is 0 Å². The molecule has 9 heavy (non-hydrogen) atoms. The molecule has 0 rings (SSSR count). The van der Waals surface area contributed by atoms with E-state index < -0.39 is 11.6 Å². The van der Waals surface area contributed by atoms with Crippen LogP contribution >= 0.6 is 9.24 Å². The first-order chi connectivity index (χ1) is 4.04. The largest absolute Gasteiger partial charge is 0.506 e. The Bertz CT molecular complexity index is 172. The first-order valence-corrected chi connectivity index (χ1v) is 2.81. The SMILES string of the molecule is C=C(P)/C=C(/F)C(=C)O. The van der Waals surface area contributed by atoms with E-state index in [9.17, 15) is 4.39 Å². The average molecular weight is 146 g/mol. The van der Waals surface area contributed by atoms with Crippen LogP contribution in [0.1, 0.15) is 0 Å². The zero-order valence-electron chi connectivity index (χ0n) is 4.89. The minimum atomic E-state index is -0.755. The number of halogens is 1. The lowest BCUT2D eigenvalue weighted by Gasteiger charge is -1.90. The van der Waals surface area contributed by atoms with Gasteiger partial charge in [0.25, 0.3) is 0 Å². The van der Waals surface area contributed by atoms with Crippen molar-refractivity contribution in [1.82, 2.24) is 0 Å². The molecule has 0 aliphatic carbocycles. The molecule has 0 radical (unpaired) electrons. The lowest BCUT2D eigenvalue weighted by atomic mass is 10.4. The summed E-state index contributed by atoms with van der Waals surface area (Å²) in [4.78, 5) is 0. The van der Waals surface area contributed by atoms with Gasteiger partial charge in [-0.1, -0.05) is 13.2 Å². The van der Waals surface area contributed by atoms with Crippen LogP contribution in [0.25, 0.3) is 0 Å². The zero-order valence-corrected chi connectivity index (χ0v) is 6.05. The summed E-state index contributed by atoms with van der Waals surface area (Å²) in [5, 5.41) is 8.84. The van der Waals surface area contributed by atoms with Crippen LogP contribution in [-0.4, -0.2) is 5.11 Å². The number of hydrogen-bond acceptors (Lipinski definition) is 1. The van der Waals surface area contributed by atoms with Crippen LogP contribution in [0.3, 0.4) is 0 Å². The molecule has 0 aromatic rings. The van der Waals surface area contributed by atoms with Crippen molar-refractivity contribution in [3.63, 3.8) is 0 Å². The summed E-state index contributed by atoms with van der Waals surface area (Å²) >= 11 is 0. The molecule has 0 saturated carbocycles. The Hall–Kier alpha value is -0.620. The Balaban J connectivity index is 4.17. The lowest BCUT2D eigenvalue weighted by molar-refractivity contribution is 0.392. The molecular weight excluding hydrogens is 138 g/mol. The van der Waals surface area contributed by atoms with E-state index in [1.807, 2.05) is 0 Å². The van der Waals surface area contributed by atoms with Crippen molar-refractivity contribution >= 4 is 9.24 Å². The first kappa shape index (κ1) is 8.38. The highest BCUT2D eigenvalue weighted by atomic mass is 31.0. The highest BCUT2D eigenvalue weighted by Crippen LogP contribution is 2.12. The monoisotopic (exact) mass is 146 g/mol. The molecule has 0 bridgehead atoms. The highest BCUT2D eigenvalue weighted by Gasteiger charge is 1.95. The molecule has 3 heteroatoms. The lowest BCUT2D eigenvalue weighted by Crippen LogP contribution is -1.76.